The van der Waals surface area contributed by atoms with Gasteiger partial charge in [-0.3, -0.25) is 0 Å². The zero-order valence-electron chi connectivity index (χ0n) is 9.65. The zero-order valence-corrected chi connectivity index (χ0v) is 10.4. The standard InChI is InChI=1S/C14H12ClN3/c15-12-5-3-7-14(11(12)8-16)18-9-10-4-1-2-6-13(10)17/h1-7,18H,9,17H2. The molecular formula is C14H12ClN3. The molecule has 90 valence electrons. The van der Waals surface area contributed by atoms with Crippen LogP contribution in [0.1, 0.15) is 11.1 Å². The van der Waals surface area contributed by atoms with E-state index >= 15 is 0 Å². The Morgan fingerprint density at radius 1 is 1.17 bits per heavy atom. The number of nitrogens with zero attached hydrogens (tertiary/aromatic N) is 1. The SMILES string of the molecule is N#Cc1c(Cl)cccc1NCc1ccccc1N. The Kier molecular flexibility index (Phi) is 3.71. The summed E-state index contributed by atoms with van der Waals surface area (Å²) in [4.78, 5) is 0. The first-order valence-corrected chi connectivity index (χ1v) is 5.86. The number of hydrogen-bond donors (Lipinski definition) is 2. The highest BCUT2D eigenvalue weighted by Crippen LogP contribution is 2.24. The van der Waals surface area contributed by atoms with Crippen LogP contribution in [0.2, 0.25) is 5.02 Å². The molecular weight excluding hydrogens is 246 g/mol. The summed E-state index contributed by atoms with van der Waals surface area (Å²) in [6.45, 7) is 0.557. The van der Waals surface area contributed by atoms with Crippen molar-refractivity contribution in [1.29, 1.82) is 5.26 Å². The van der Waals surface area contributed by atoms with E-state index in [-0.39, 0.29) is 0 Å². The summed E-state index contributed by atoms with van der Waals surface area (Å²) in [5, 5.41) is 12.7. The van der Waals surface area contributed by atoms with Crippen molar-refractivity contribution in [2.75, 3.05) is 11.1 Å². The summed E-state index contributed by atoms with van der Waals surface area (Å²) < 4.78 is 0. The van der Waals surface area contributed by atoms with Gasteiger partial charge in [-0.25, -0.2) is 0 Å². The van der Waals surface area contributed by atoms with Crippen molar-refractivity contribution < 1.29 is 0 Å². The van der Waals surface area contributed by atoms with Crippen molar-refractivity contribution in [2.24, 2.45) is 0 Å². The fourth-order valence-electron chi connectivity index (χ4n) is 1.67. The molecule has 0 atom stereocenters. The number of nitrogen functional groups attached to an aromatic ring is 1. The summed E-state index contributed by atoms with van der Waals surface area (Å²) >= 11 is 5.96. The number of nitriles is 1. The molecule has 0 aliphatic rings. The van der Waals surface area contributed by atoms with Crippen LogP contribution in [-0.2, 0) is 6.54 Å². The number of hydrogen-bond acceptors (Lipinski definition) is 3. The van der Waals surface area contributed by atoms with Gasteiger partial charge in [-0.15, -0.1) is 0 Å². The van der Waals surface area contributed by atoms with Crippen LogP contribution in [0.3, 0.4) is 0 Å². The first-order valence-electron chi connectivity index (χ1n) is 5.48. The molecule has 0 radical (unpaired) electrons. The maximum absolute atomic E-state index is 9.05. The molecule has 2 aromatic carbocycles. The molecule has 2 aromatic rings. The van der Waals surface area contributed by atoms with Crippen molar-refractivity contribution in [3.05, 3.63) is 58.6 Å². The van der Waals surface area contributed by atoms with Crippen molar-refractivity contribution in [2.45, 2.75) is 6.54 Å². The van der Waals surface area contributed by atoms with Crippen molar-refractivity contribution in [1.82, 2.24) is 0 Å². The molecule has 3 nitrogen and oxygen atoms in total. The minimum atomic E-state index is 0.448. The second-order valence-electron chi connectivity index (χ2n) is 3.83. The molecule has 0 bridgehead atoms. The first-order chi connectivity index (χ1) is 8.72. The number of nitrogens with one attached hydrogen (secondary N) is 1. The summed E-state index contributed by atoms with van der Waals surface area (Å²) in [5.74, 6) is 0. The lowest BCUT2D eigenvalue weighted by Crippen LogP contribution is -2.04. The lowest BCUT2D eigenvalue weighted by atomic mass is 10.1. The molecule has 0 aliphatic heterocycles. The maximum Gasteiger partial charge on any atom is 0.103 e. The highest BCUT2D eigenvalue weighted by Gasteiger charge is 2.06. The van der Waals surface area contributed by atoms with Gasteiger partial charge in [-0.2, -0.15) is 5.26 Å². The van der Waals surface area contributed by atoms with Gasteiger partial charge in [-0.05, 0) is 23.8 Å². The Hall–Kier alpha value is -2.18. The molecule has 18 heavy (non-hydrogen) atoms. The van der Waals surface area contributed by atoms with Crippen molar-refractivity contribution in [3.8, 4) is 6.07 Å². The van der Waals surface area contributed by atoms with Gasteiger partial charge in [0, 0.05) is 12.2 Å². The highest BCUT2D eigenvalue weighted by molar-refractivity contribution is 6.32. The summed E-state index contributed by atoms with van der Waals surface area (Å²) in [6, 6.07) is 15.0. The second kappa shape index (κ2) is 5.44. The second-order valence-corrected chi connectivity index (χ2v) is 4.23. The molecule has 0 heterocycles. The number of benzene rings is 2. The normalized spacial score (nSPS) is 9.78. The van der Waals surface area contributed by atoms with Crippen LogP contribution in [0.4, 0.5) is 11.4 Å². The number of para-hydroxylation sites is 1. The lowest BCUT2D eigenvalue weighted by Gasteiger charge is -2.10. The van der Waals surface area contributed by atoms with Gasteiger partial charge < -0.3 is 11.1 Å². The van der Waals surface area contributed by atoms with E-state index in [1.807, 2.05) is 30.3 Å². The Bertz CT molecular complexity index is 602. The topological polar surface area (TPSA) is 61.8 Å². The summed E-state index contributed by atoms with van der Waals surface area (Å²) in [7, 11) is 0. The average molecular weight is 258 g/mol. The third-order valence-corrected chi connectivity index (χ3v) is 2.96. The van der Waals surface area contributed by atoms with Crippen LogP contribution >= 0.6 is 11.6 Å². The number of nitrogens with two attached hydrogens (primary N) is 1. The fourth-order valence-corrected chi connectivity index (χ4v) is 1.89. The molecule has 0 amide bonds. The van der Waals surface area contributed by atoms with Crippen LogP contribution < -0.4 is 11.1 Å². The van der Waals surface area contributed by atoms with Gasteiger partial charge >= 0.3 is 0 Å². The first kappa shape index (κ1) is 12.3. The van der Waals surface area contributed by atoms with E-state index in [1.165, 1.54) is 0 Å². The molecule has 4 heteroatoms. The Morgan fingerprint density at radius 3 is 2.67 bits per heavy atom. The van der Waals surface area contributed by atoms with E-state index in [0.29, 0.717) is 22.8 Å². The predicted octanol–water partition coefficient (Wildman–Crippen LogP) is 3.41. The third-order valence-electron chi connectivity index (χ3n) is 2.65. The van der Waals surface area contributed by atoms with Gasteiger partial charge in [0.2, 0.25) is 0 Å². The third kappa shape index (κ3) is 2.55. The van der Waals surface area contributed by atoms with Crippen LogP contribution in [0.25, 0.3) is 0 Å². The summed E-state index contributed by atoms with van der Waals surface area (Å²) in [5.41, 5.74) is 8.74. The Balaban J connectivity index is 2.19. The number of anilines is 2. The van der Waals surface area contributed by atoms with E-state index in [4.69, 9.17) is 22.6 Å². The van der Waals surface area contributed by atoms with Gasteiger partial charge in [0.25, 0.3) is 0 Å². The van der Waals surface area contributed by atoms with Gasteiger partial charge in [-0.1, -0.05) is 35.9 Å². The largest absolute Gasteiger partial charge is 0.398 e. The lowest BCUT2D eigenvalue weighted by molar-refractivity contribution is 1.15. The molecule has 0 saturated heterocycles. The van der Waals surface area contributed by atoms with E-state index in [1.54, 1.807) is 12.1 Å². The van der Waals surface area contributed by atoms with E-state index in [2.05, 4.69) is 11.4 Å². The number of halogens is 1. The number of rotatable bonds is 3. The van der Waals surface area contributed by atoms with E-state index in [9.17, 15) is 0 Å². The maximum atomic E-state index is 9.05. The van der Waals surface area contributed by atoms with Crippen molar-refractivity contribution >= 4 is 23.0 Å². The van der Waals surface area contributed by atoms with Crippen molar-refractivity contribution in [3.63, 3.8) is 0 Å². The monoisotopic (exact) mass is 257 g/mol. The fraction of sp³-hybridized carbons (Fsp3) is 0.0714. The molecule has 0 fully saturated rings. The van der Waals surface area contributed by atoms with Gasteiger partial charge in [0.15, 0.2) is 0 Å². The van der Waals surface area contributed by atoms with Crippen LogP contribution in [-0.4, -0.2) is 0 Å². The molecule has 0 aromatic heterocycles. The van der Waals surface area contributed by atoms with Gasteiger partial charge in [0.05, 0.1) is 16.3 Å². The predicted molar refractivity (Wildman–Crippen MR) is 74.3 cm³/mol. The van der Waals surface area contributed by atoms with Crippen LogP contribution in [0.5, 0.6) is 0 Å². The van der Waals surface area contributed by atoms with Crippen LogP contribution in [0.15, 0.2) is 42.5 Å². The molecule has 0 saturated carbocycles. The Labute approximate surface area is 111 Å². The quantitative estimate of drug-likeness (QED) is 0.829. The molecule has 0 spiro atoms. The van der Waals surface area contributed by atoms with Gasteiger partial charge in [0.1, 0.15) is 6.07 Å². The van der Waals surface area contributed by atoms with E-state index < -0.39 is 0 Å². The molecule has 2 rings (SSSR count). The minimum absolute atomic E-state index is 0.448. The molecule has 3 N–H and O–H groups in total. The minimum Gasteiger partial charge on any atom is -0.398 e. The summed E-state index contributed by atoms with van der Waals surface area (Å²) in [6.07, 6.45) is 0. The highest BCUT2D eigenvalue weighted by atomic mass is 35.5. The zero-order chi connectivity index (χ0) is 13.0. The Morgan fingerprint density at radius 2 is 1.94 bits per heavy atom. The molecule has 0 unspecified atom stereocenters. The van der Waals surface area contributed by atoms with E-state index in [0.717, 1.165) is 11.3 Å². The molecule has 0 aliphatic carbocycles. The van der Waals surface area contributed by atoms with Crippen LogP contribution in [0, 0.1) is 11.3 Å². The average Bonchev–Trinajstić information content (AvgIpc) is 2.38. The smallest absolute Gasteiger partial charge is 0.103 e.